The molecule has 2 amide bonds. The summed E-state index contributed by atoms with van der Waals surface area (Å²) in [4.78, 5) is 23.8. The minimum atomic E-state index is -3.80. The van der Waals surface area contributed by atoms with Crippen molar-refractivity contribution in [2.45, 2.75) is 31.7 Å². The summed E-state index contributed by atoms with van der Waals surface area (Å²) in [6.07, 6.45) is 0. The Morgan fingerprint density at radius 2 is 1.61 bits per heavy atom. The largest absolute Gasteiger partial charge is 0.344 e. The highest BCUT2D eigenvalue weighted by Gasteiger charge is 2.23. The quantitative estimate of drug-likeness (QED) is 0.635. The number of benzene rings is 2. The minimum Gasteiger partial charge on any atom is -0.344 e. The lowest BCUT2D eigenvalue weighted by atomic mass is 10.0. The molecular weight excluding hydrogens is 402 g/mol. The van der Waals surface area contributed by atoms with Crippen molar-refractivity contribution in [1.82, 2.24) is 5.32 Å². The Morgan fingerprint density at radius 1 is 1.00 bits per heavy atom. The standard InChI is InChI=1S/C19H22ClN3O4S/c1-12(2)18(21-13(3)24)19(25)22-15-5-4-6-16(11-15)23-28(26,27)17-9-7-14(20)8-10-17/h4-12,18,23H,1-3H3,(H,21,24)(H,22,25). The molecule has 3 N–H and O–H groups in total. The van der Waals surface area contributed by atoms with Gasteiger partial charge in [-0.3, -0.25) is 14.3 Å². The van der Waals surface area contributed by atoms with E-state index in [1.165, 1.54) is 37.3 Å². The lowest BCUT2D eigenvalue weighted by molar-refractivity contribution is -0.126. The molecule has 7 nitrogen and oxygen atoms in total. The van der Waals surface area contributed by atoms with E-state index in [0.717, 1.165) is 0 Å². The molecule has 0 heterocycles. The van der Waals surface area contributed by atoms with Crippen molar-refractivity contribution < 1.29 is 18.0 Å². The molecular formula is C19H22ClN3O4S. The first-order chi connectivity index (χ1) is 13.1. The molecule has 0 spiro atoms. The summed E-state index contributed by atoms with van der Waals surface area (Å²) in [5, 5.41) is 5.73. The van der Waals surface area contributed by atoms with Gasteiger partial charge in [0.25, 0.3) is 10.0 Å². The smallest absolute Gasteiger partial charge is 0.261 e. The molecule has 28 heavy (non-hydrogen) atoms. The lowest BCUT2D eigenvalue weighted by Gasteiger charge is -2.21. The molecule has 2 aromatic rings. The molecule has 1 unspecified atom stereocenters. The van der Waals surface area contributed by atoms with E-state index in [9.17, 15) is 18.0 Å². The molecule has 2 aromatic carbocycles. The SMILES string of the molecule is CC(=O)NC(C(=O)Nc1cccc(NS(=O)(=O)c2ccc(Cl)cc2)c1)C(C)C. The third-order valence-corrected chi connectivity index (χ3v) is 5.46. The number of nitrogens with one attached hydrogen (secondary N) is 3. The molecule has 0 saturated heterocycles. The average Bonchev–Trinajstić information content (AvgIpc) is 2.59. The fourth-order valence-corrected chi connectivity index (χ4v) is 3.64. The van der Waals surface area contributed by atoms with Gasteiger partial charge >= 0.3 is 0 Å². The van der Waals surface area contributed by atoms with Crippen molar-refractivity contribution in [2.75, 3.05) is 10.0 Å². The number of sulfonamides is 1. The molecule has 2 rings (SSSR count). The van der Waals surface area contributed by atoms with Gasteiger partial charge in [-0.1, -0.05) is 31.5 Å². The van der Waals surface area contributed by atoms with Crippen LogP contribution in [0.1, 0.15) is 20.8 Å². The van der Waals surface area contributed by atoms with Crippen molar-refractivity contribution in [3.63, 3.8) is 0 Å². The molecule has 0 saturated carbocycles. The zero-order valence-corrected chi connectivity index (χ0v) is 17.3. The van der Waals surface area contributed by atoms with Gasteiger partial charge in [-0.2, -0.15) is 0 Å². The van der Waals surface area contributed by atoms with E-state index in [1.807, 2.05) is 13.8 Å². The Balaban J connectivity index is 2.16. The van der Waals surface area contributed by atoms with Crippen molar-refractivity contribution in [2.24, 2.45) is 5.92 Å². The number of halogens is 1. The molecule has 0 radical (unpaired) electrons. The summed E-state index contributed by atoms with van der Waals surface area (Å²) in [5.41, 5.74) is 0.686. The summed E-state index contributed by atoms with van der Waals surface area (Å²) in [5.74, 6) is -0.809. The van der Waals surface area contributed by atoms with E-state index in [4.69, 9.17) is 11.6 Å². The zero-order chi connectivity index (χ0) is 20.9. The van der Waals surface area contributed by atoms with Gasteiger partial charge in [0.05, 0.1) is 10.6 Å². The maximum absolute atomic E-state index is 12.5. The Morgan fingerprint density at radius 3 is 2.18 bits per heavy atom. The number of hydrogen-bond acceptors (Lipinski definition) is 4. The van der Waals surface area contributed by atoms with E-state index < -0.39 is 16.1 Å². The van der Waals surface area contributed by atoms with Gasteiger partial charge in [-0.05, 0) is 48.4 Å². The average molecular weight is 424 g/mol. The predicted octanol–water partition coefficient (Wildman–Crippen LogP) is 3.24. The number of carbonyl (C=O) groups excluding carboxylic acids is 2. The molecule has 0 aliphatic rings. The minimum absolute atomic E-state index is 0.0665. The molecule has 0 aromatic heterocycles. The molecule has 0 fully saturated rings. The third kappa shape index (κ3) is 5.97. The van der Waals surface area contributed by atoms with Crippen LogP contribution in [0.3, 0.4) is 0 Å². The van der Waals surface area contributed by atoms with Crippen molar-refractivity contribution >= 4 is 44.8 Å². The van der Waals surface area contributed by atoms with E-state index >= 15 is 0 Å². The van der Waals surface area contributed by atoms with Gasteiger partial charge < -0.3 is 10.6 Å². The Bertz CT molecular complexity index is 959. The monoisotopic (exact) mass is 423 g/mol. The second-order valence-electron chi connectivity index (χ2n) is 6.55. The first-order valence-corrected chi connectivity index (χ1v) is 10.4. The number of hydrogen-bond donors (Lipinski definition) is 3. The van der Waals surface area contributed by atoms with Crippen molar-refractivity contribution in [1.29, 1.82) is 0 Å². The summed E-state index contributed by atoms with van der Waals surface area (Å²) in [6, 6.07) is 11.4. The van der Waals surface area contributed by atoms with Crippen LogP contribution in [-0.4, -0.2) is 26.3 Å². The van der Waals surface area contributed by atoms with Gasteiger partial charge in [-0.15, -0.1) is 0 Å². The van der Waals surface area contributed by atoms with Gasteiger partial charge in [0.2, 0.25) is 11.8 Å². The number of carbonyl (C=O) groups is 2. The molecule has 1 atom stereocenters. The van der Waals surface area contributed by atoms with Crippen LogP contribution in [-0.2, 0) is 19.6 Å². The van der Waals surface area contributed by atoms with Gasteiger partial charge in [0, 0.05) is 17.6 Å². The fraction of sp³-hybridized carbons (Fsp3) is 0.263. The van der Waals surface area contributed by atoms with Gasteiger partial charge in [-0.25, -0.2) is 8.42 Å². The predicted molar refractivity (Wildman–Crippen MR) is 110 cm³/mol. The topological polar surface area (TPSA) is 104 Å². The van der Waals surface area contributed by atoms with Crippen LogP contribution in [0.15, 0.2) is 53.4 Å². The van der Waals surface area contributed by atoms with Crippen molar-refractivity contribution in [3.05, 3.63) is 53.6 Å². The van der Waals surface area contributed by atoms with Gasteiger partial charge in [0.1, 0.15) is 6.04 Å². The van der Waals surface area contributed by atoms with Crippen LogP contribution < -0.4 is 15.4 Å². The maximum Gasteiger partial charge on any atom is 0.261 e. The highest BCUT2D eigenvalue weighted by atomic mass is 35.5. The highest BCUT2D eigenvalue weighted by molar-refractivity contribution is 7.92. The second kappa shape index (κ2) is 9.07. The number of anilines is 2. The first-order valence-electron chi connectivity index (χ1n) is 8.55. The van der Waals surface area contributed by atoms with Crippen LogP contribution >= 0.6 is 11.6 Å². The summed E-state index contributed by atoms with van der Waals surface area (Å²) in [6.45, 7) is 4.97. The van der Waals surface area contributed by atoms with E-state index in [2.05, 4.69) is 15.4 Å². The van der Waals surface area contributed by atoms with Crippen LogP contribution in [0.5, 0.6) is 0 Å². The van der Waals surface area contributed by atoms with Crippen molar-refractivity contribution in [3.8, 4) is 0 Å². The van der Waals surface area contributed by atoms with Crippen LogP contribution in [0.2, 0.25) is 5.02 Å². The molecule has 150 valence electrons. The Hall–Kier alpha value is -2.58. The fourth-order valence-electron chi connectivity index (χ4n) is 2.46. The number of amides is 2. The van der Waals surface area contributed by atoms with Gasteiger partial charge in [0.15, 0.2) is 0 Å². The van der Waals surface area contributed by atoms with E-state index in [0.29, 0.717) is 10.7 Å². The summed E-state index contributed by atoms with van der Waals surface area (Å²) in [7, 11) is -3.80. The molecule has 0 bridgehead atoms. The normalized spacial score (nSPS) is 12.3. The van der Waals surface area contributed by atoms with Crippen LogP contribution in [0.4, 0.5) is 11.4 Å². The lowest BCUT2D eigenvalue weighted by Crippen LogP contribution is -2.46. The van der Waals surface area contributed by atoms with E-state index in [1.54, 1.807) is 18.2 Å². The second-order valence-corrected chi connectivity index (χ2v) is 8.67. The zero-order valence-electron chi connectivity index (χ0n) is 15.7. The molecule has 9 heteroatoms. The van der Waals surface area contributed by atoms with Crippen LogP contribution in [0, 0.1) is 5.92 Å². The maximum atomic E-state index is 12.5. The molecule has 0 aliphatic heterocycles. The Kier molecular flexibility index (Phi) is 7.04. The summed E-state index contributed by atoms with van der Waals surface area (Å²) < 4.78 is 27.4. The summed E-state index contributed by atoms with van der Waals surface area (Å²) >= 11 is 5.79. The van der Waals surface area contributed by atoms with E-state index in [-0.39, 0.29) is 28.3 Å². The third-order valence-electron chi connectivity index (χ3n) is 3.81. The highest BCUT2D eigenvalue weighted by Crippen LogP contribution is 2.21. The van der Waals surface area contributed by atoms with Crippen LogP contribution in [0.25, 0.3) is 0 Å². The molecule has 0 aliphatic carbocycles. The number of rotatable bonds is 7. The Labute approximate surface area is 169 Å². The first kappa shape index (κ1) is 21.7.